The lowest BCUT2D eigenvalue weighted by Gasteiger charge is -2.25. The molecule has 184 valence electrons. The van der Waals surface area contributed by atoms with Gasteiger partial charge in [0.15, 0.2) is 12.0 Å². The van der Waals surface area contributed by atoms with Crippen LogP contribution >= 0.6 is 0 Å². The van der Waals surface area contributed by atoms with Gasteiger partial charge < -0.3 is 19.5 Å². The van der Waals surface area contributed by atoms with Crippen molar-refractivity contribution in [1.29, 1.82) is 5.26 Å². The van der Waals surface area contributed by atoms with E-state index in [1.165, 1.54) is 13.0 Å². The number of aliphatic imine (C=N–C) groups is 1. The fraction of sp³-hybridized carbons (Fsp3) is 0.478. The Bertz CT molecular complexity index is 1210. The van der Waals surface area contributed by atoms with Gasteiger partial charge in [0.05, 0.1) is 11.5 Å². The number of hydrogen-bond acceptors (Lipinski definition) is 7. The Kier molecular flexibility index (Phi) is 7.14. The molecule has 1 atom stereocenters. The van der Waals surface area contributed by atoms with Crippen molar-refractivity contribution in [2.24, 2.45) is 4.99 Å². The molecule has 0 aliphatic carbocycles. The Labute approximate surface area is 201 Å². The number of nitro groups is 1. The number of nitriles is 1. The SMILES string of the molecule is Cc1oc2ccc(NC(=N[C@H]3CCCCN(CC(=O)N4CCCC4)C3=O)NC#N)cc2c1[N+](=O)[O-]. The number of anilines is 1. The van der Waals surface area contributed by atoms with Crippen molar-refractivity contribution >= 4 is 40.1 Å². The van der Waals surface area contributed by atoms with E-state index in [4.69, 9.17) is 4.42 Å². The standard InChI is InChI=1S/C23H27N7O5/c1-15-21(30(33)34)17-12-16(7-8-19(17)35-15)26-23(25-14-24)27-18-6-2-3-11-29(22(18)32)13-20(31)28-9-4-5-10-28/h7-8,12,18H,2-6,9-11,13H2,1H3,(H2,25,26,27)/t18-/m0/s1. The minimum atomic E-state index is -0.763. The molecule has 35 heavy (non-hydrogen) atoms. The van der Waals surface area contributed by atoms with Gasteiger partial charge in [0.2, 0.25) is 17.8 Å². The van der Waals surface area contributed by atoms with E-state index in [2.05, 4.69) is 15.6 Å². The molecule has 2 amide bonds. The summed E-state index contributed by atoms with van der Waals surface area (Å²) in [6.45, 7) is 3.48. The molecule has 0 unspecified atom stereocenters. The quantitative estimate of drug-likeness (QED) is 0.165. The number of nitrogens with zero attached hydrogens (tertiary/aromatic N) is 5. The highest BCUT2D eigenvalue weighted by molar-refractivity contribution is 6.00. The molecular weight excluding hydrogens is 454 g/mol. The molecule has 1 aromatic carbocycles. The highest BCUT2D eigenvalue weighted by atomic mass is 16.6. The molecule has 0 bridgehead atoms. The van der Waals surface area contributed by atoms with Crippen molar-refractivity contribution in [3.8, 4) is 6.19 Å². The van der Waals surface area contributed by atoms with E-state index in [9.17, 15) is 25.0 Å². The van der Waals surface area contributed by atoms with Crippen molar-refractivity contribution < 1.29 is 18.9 Å². The first-order chi connectivity index (χ1) is 16.9. The van der Waals surface area contributed by atoms with Crippen molar-refractivity contribution in [3.63, 3.8) is 0 Å². The van der Waals surface area contributed by atoms with Crippen LogP contribution in [-0.2, 0) is 9.59 Å². The van der Waals surface area contributed by atoms with Crippen LogP contribution in [-0.4, -0.2) is 64.7 Å². The summed E-state index contributed by atoms with van der Waals surface area (Å²) in [7, 11) is 0. The first kappa shape index (κ1) is 24.0. The molecule has 1 aromatic heterocycles. The van der Waals surface area contributed by atoms with Crippen LogP contribution in [0.4, 0.5) is 11.4 Å². The lowest BCUT2D eigenvalue weighted by molar-refractivity contribution is -0.384. The Morgan fingerprint density at radius 3 is 2.74 bits per heavy atom. The summed E-state index contributed by atoms with van der Waals surface area (Å²) >= 11 is 0. The number of benzene rings is 1. The monoisotopic (exact) mass is 481 g/mol. The predicted octanol–water partition coefficient (Wildman–Crippen LogP) is 2.49. The molecule has 2 aliphatic rings. The summed E-state index contributed by atoms with van der Waals surface area (Å²) in [5.41, 5.74) is 0.668. The number of nitrogens with one attached hydrogen (secondary N) is 2. The van der Waals surface area contributed by atoms with E-state index < -0.39 is 11.0 Å². The molecular formula is C23H27N7O5. The van der Waals surface area contributed by atoms with Crippen LogP contribution in [0.15, 0.2) is 27.6 Å². The minimum absolute atomic E-state index is 0.0273. The van der Waals surface area contributed by atoms with Gasteiger partial charge in [-0.05, 0) is 50.3 Å². The van der Waals surface area contributed by atoms with Crippen LogP contribution in [0, 0.1) is 28.5 Å². The maximum Gasteiger partial charge on any atom is 0.317 e. The van der Waals surface area contributed by atoms with Gasteiger partial charge >= 0.3 is 5.69 Å². The van der Waals surface area contributed by atoms with Crippen molar-refractivity contribution in [2.75, 3.05) is 31.5 Å². The van der Waals surface area contributed by atoms with Crippen LogP contribution in [0.2, 0.25) is 0 Å². The van der Waals surface area contributed by atoms with Crippen molar-refractivity contribution in [3.05, 3.63) is 34.1 Å². The molecule has 0 radical (unpaired) electrons. The van der Waals surface area contributed by atoms with Crippen LogP contribution in [0.1, 0.15) is 37.9 Å². The van der Waals surface area contributed by atoms with Crippen LogP contribution < -0.4 is 10.6 Å². The summed E-state index contributed by atoms with van der Waals surface area (Å²) in [4.78, 5) is 44.5. The van der Waals surface area contributed by atoms with Gasteiger partial charge in [0.25, 0.3) is 0 Å². The maximum absolute atomic E-state index is 13.2. The normalized spacial score (nSPS) is 18.9. The summed E-state index contributed by atoms with van der Waals surface area (Å²) in [5.74, 6) is -0.0792. The fourth-order valence-electron chi connectivity index (χ4n) is 4.54. The maximum atomic E-state index is 13.2. The van der Waals surface area contributed by atoms with E-state index >= 15 is 0 Å². The number of guanidine groups is 1. The first-order valence-electron chi connectivity index (χ1n) is 11.6. The summed E-state index contributed by atoms with van der Waals surface area (Å²) in [5, 5.41) is 26.4. The van der Waals surface area contributed by atoms with Crippen LogP contribution in [0.25, 0.3) is 11.0 Å². The van der Waals surface area contributed by atoms with E-state index in [0.717, 1.165) is 38.8 Å². The molecule has 4 rings (SSSR count). The third-order valence-electron chi connectivity index (χ3n) is 6.27. The molecule has 2 aromatic rings. The topological polar surface area (TPSA) is 157 Å². The molecule has 2 saturated heterocycles. The number of rotatable bonds is 5. The van der Waals surface area contributed by atoms with Gasteiger partial charge in [-0.25, -0.2) is 4.99 Å². The molecule has 3 heterocycles. The second-order valence-corrected chi connectivity index (χ2v) is 8.67. The van der Waals surface area contributed by atoms with Gasteiger partial charge in [-0.15, -0.1) is 0 Å². The number of aryl methyl sites for hydroxylation is 1. The van der Waals surface area contributed by atoms with Gasteiger partial charge in [-0.2, -0.15) is 5.26 Å². The number of fused-ring (bicyclic) bond motifs is 1. The molecule has 2 aliphatic heterocycles. The van der Waals surface area contributed by atoms with Crippen molar-refractivity contribution in [1.82, 2.24) is 15.1 Å². The first-order valence-corrected chi connectivity index (χ1v) is 11.6. The van der Waals surface area contributed by atoms with Gasteiger partial charge in [0.1, 0.15) is 17.0 Å². The number of likely N-dealkylation sites (tertiary alicyclic amines) is 2. The van der Waals surface area contributed by atoms with Crippen LogP contribution in [0.5, 0.6) is 0 Å². The van der Waals surface area contributed by atoms with E-state index in [0.29, 0.717) is 29.6 Å². The second kappa shape index (κ2) is 10.4. The average Bonchev–Trinajstić information content (AvgIpc) is 3.43. The van der Waals surface area contributed by atoms with Gasteiger partial charge in [-0.1, -0.05) is 0 Å². The van der Waals surface area contributed by atoms with Gasteiger partial charge in [0, 0.05) is 32.2 Å². The number of furan rings is 1. The smallest absolute Gasteiger partial charge is 0.317 e. The molecule has 0 saturated carbocycles. The highest BCUT2D eigenvalue weighted by Crippen LogP contribution is 2.33. The lowest BCUT2D eigenvalue weighted by Crippen LogP contribution is -2.45. The Hall–Kier alpha value is -4.14. The third kappa shape index (κ3) is 5.34. The average molecular weight is 482 g/mol. The Morgan fingerprint density at radius 1 is 1.29 bits per heavy atom. The number of hydrogen-bond donors (Lipinski definition) is 2. The van der Waals surface area contributed by atoms with E-state index in [1.807, 2.05) is 0 Å². The lowest BCUT2D eigenvalue weighted by atomic mass is 10.1. The van der Waals surface area contributed by atoms with E-state index in [1.54, 1.807) is 28.1 Å². The van der Waals surface area contributed by atoms with E-state index in [-0.39, 0.29) is 35.8 Å². The third-order valence-corrected chi connectivity index (χ3v) is 6.27. The fourth-order valence-corrected chi connectivity index (χ4v) is 4.54. The largest absolute Gasteiger partial charge is 0.454 e. The molecule has 0 spiro atoms. The zero-order valence-corrected chi connectivity index (χ0v) is 19.5. The van der Waals surface area contributed by atoms with Crippen LogP contribution in [0.3, 0.4) is 0 Å². The van der Waals surface area contributed by atoms with Crippen molar-refractivity contribution in [2.45, 2.75) is 45.1 Å². The molecule has 2 N–H and O–H groups in total. The molecule has 12 nitrogen and oxygen atoms in total. The predicted molar refractivity (Wildman–Crippen MR) is 127 cm³/mol. The second-order valence-electron chi connectivity index (χ2n) is 8.67. The zero-order valence-electron chi connectivity index (χ0n) is 19.5. The number of carbonyl (C=O) groups is 2. The minimum Gasteiger partial charge on any atom is -0.454 e. The highest BCUT2D eigenvalue weighted by Gasteiger charge is 2.30. The Balaban J connectivity index is 1.54. The summed E-state index contributed by atoms with van der Waals surface area (Å²) in [6.07, 6.45) is 5.76. The molecule has 12 heteroatoms. The zero-order chi connectivity index (χ0) is 24.9. The summed E-state index contributed by atoms with van der Waals surface area (Å²) < 4.78 is 5.45. The number of amides is 2. The molecule has 2 fully saturated rings. The van der Waals surface area contributed by atoms with Gasteiger partial charge in [-0.3, -0.25) is 25.0 Å². The summed E-state index contributed by atoms with van der Waals surface area (Å²) in [6, 6.07) is 4.00. The Morgan fingerprint density at radius 2 is 2.03 bits per heavy atom. The number of carbonyl (C=O) groups excluding carboxylic acids is 2.